The average molecular weight is 342 g/mol. The Morgan fingerprint density at radius 1 is 1.13 bits per heavy atom. The van der Waals surface area contributed by atoms with Crippen LogP contribution in [0.15, 0.2) is 29.2 Å². The summed E-state index contributed by atoms with van der Waals surface area (Å²) in [4.78, 5) is 13.5. The summed E-state index contributed by atoms with van der Waals surface area (Å²) in [6.07, 6.45) is 0. The van der Waals surface area contributed by atoms with Crippen molar-refractivity contribution in [3.8, 4) is 5.75 Å². The number of sulfonamides is 1. The molecule has 2 rings (SSSR count). The molecule has 0 N–H and O–H groups in total. The van der Waals surface area contributed by atoms with E-state index in [4.69, 9.17) is 9.47 Å². The second-order valence-corrected chi connectivity index (χ2v) is 7.21. The first kappa shape index (κ1) is 17.7. The summed E-state index contributed by atoms with van der Waals surface area (Å²) >= 11 is 0. The molecule has 128 valence electrons. The van der Waals surface area contributed by atoms with Crippen LogP contribution >= 0.6 is 0 Å². The first-order chi connectivity index (χ1) is 10.9. The summed E-state index contributed by atoms with van der Waals surface area (Å²) in [6.45, 7) is 4.23. The highest BCUT2D eigenvalue weighted by atomic mass is 32.2. The highest BCUT2D eigenvalue weighted by molar-refractivity contribution is 7.89. The predicted molar refractivity (Wildman–Crippen MR) is 84.8 cm³/mol. The van der Waals surface area contributed by atoms with Gasteiger partial charge in [-0.05, 0) is 38.2 Å². The number of hydrogen-bond donors (Lipinski definition) is 0. The molecular formula is C15H22N2O5S. The fourth-order valence-electron chi connectivity index (χ4n) is 2.23. The molecule has 0 radical (unpaired) electrons. The van der Waals surface area contributed by atoms with Crippen molar-refractivity contribution < 1.29 is 22.7 Å². The van der Waals surface area contributed by atoms with Gasteiger partial charge in [0.1, 0.15) is 5.75 Å². The third-order valence-electron chi connectivity index (χ3n) is 3.59. The Morgan fingerprint density at radius 2 is 1.74 bits per heavy atom. The number of hydrogen-bond acceptors (Lipinski definition) is 6. The molecule has 1 saturated heterocycles. The standard InChI is InChI=1S/C15H22N2O5S/c1-3-21-15(18)12-22-13-4-6-14(7-5-13)23(19,20)17-10-8-16(2)9-11-17/h4-7H,3,8-12H2,1-2H3. The largest absolute Gasteiger partial charge is 0.482 e. The van der Waals surface area contributed by atoms with Crippen molar-refractivity contribution in [1.82, 2.24) is 9.21 Å². The summed E-state index contributed by atoms with van der Waals surface area (Å²) < 4.78 is 36.6. The number of ether oxygens (including phenoxy) is 2. The van der Waals surface area contributed by atoms with Crippen molar-refractivity contribution in [1.29, 1.82) is 0 Å². The number of nitrogens with zero attached hydrogens (tertiary/aromatic N) is 2. The SMILES string of the molecule is CCOC(=O)COc1ccc(S(=O)(=O)N2CCN(C)CC2)cc1. The van der Waals surface area contributed by atoms with Crippen molar-refractivity contribution in [2.24, 2.45) is 0 Å². The molecular weight excluding hydrogens is 320 g/mol. The zero-order chi connectivity index (χ0) is 16.9. The van der Waals surface area contributed by atoms with Gasteiger partial charge in [-0.3, -0.25) is 0 Å². The zero-order valence-corrected chi connectivity index (χ0v) is 14.2. The van der Waals surface area contributed by atoms with E-state index in [0.29, 0.717) is 25.4 Å². The molecule has 8 heteroatoms. The molecule has 1 aromatic rings. The highest BCUT2D eigenvalue weighted by Gasteiger charge is 2.27. The molecule has 0 saturated carbocycles. The van der Waals surface area contributed by atoms with Gasteiger partial charge in [-0.25, -0.2) is 13.2 Å². The third-order valence-corrected chi connectivity index (χ3v) is 5.50. The Hall–Kier alpha value is -1.64. The van der Waals surface area contributed by atoms with Crippen LogP contribution in [0.3, 0.4) is 0 Å². The molecule has 0 spiro atoms. The van der Waals surface area contributed by atoms with E-state index in [1.54, 1.807) is 19.1 Å². The molecule has 0 aromatic heterocycles. The lowest BCUT2D eigenvalue weighted by Crippen LogP contribution is -2.46. The quantitative estimate of drug-likeness (QED) is 0.704. The number of carbonyl (C=O) groups is 1. The molecule has 1 heterocycles. The van der Waals surface area contributed by atoms with Crippen molar-refractivity contribution in [3.05, 3.63) is 24.3 Å². The average Bonchev–Trinajstić information content (AvgIpc) is 2.54. The molecule has 1 fully saturated rings. The molecule has 0 atom stereocenters. The van der Waals surface area contributed by atoms with Crippen molar-refractivity contribution in [2.75, 3.05) is 46.4 Å². The van der Waals surface area contributed by atoms with Crippen LogP contribution in [0, 0.1) is 0 Å². The summed E-state index contributed by atoms with van der Waals surface area (Å²) in [7, 11) is -1.51. The van der Waals surface area contributed by atoms with Crippen LogP contribution in [-0.4, -0.2) is 70.0 Å². The molecule has 23 heavy (non-hydrogen) atoms. The van der Waals surface area contributed by atoms with E-state index < -0.39 is 16.0 Å². The van der Waals surface area contributed by atoms with Gasteiger partial charge in [0, 0.05) is 26.2 Å². The van der Waals surface area contributed by atoms with Gasteiger partial charge in [0.05, 0.1) is 11.5 Å². The van der Waals surface area contributed by atoms with Crippen LogP contribution in [-0.2, 0) is 19.6 Å². The first-order valence-electron chi connectivity index (χ1n) is 7.50. The van der Waals surface area contributed by atoms with Gasteiger partial charge in [-0.15, -0.1) is 0 Å². The van der Waals surface area contributed by atoms with Crippen LogP contribution in [0.25, 0.3) is 0 Å². The minimum Gasteiger partial charge on any atom is -0.482 e. The number of piperazine rings is 1. The molecule has 0 aliphatic carbocycles. The maximum atomic E-state index is 12.5. The van der Waals surface area contributed by atoms with E-state index >= 15 is 0 Å². The second kappa shape index (κ2) is 7.76. The molecule has 1 aliphatic rings. The third kappa shape index (κ3) is 4.66. The summed E-state index contributed by atoms with van der Waals surface area (Å²) in [6, 6.07) is 6.08. The minimum absolute atomic E-state index is 0.196. The van der Waals surface area contributed by atoms with Crippen molar-refractivity contribution >= 4 is 16.0 Å². The van der Waals surface area contributed by atoms with E-state index in [9.17, 15) is 13.2 Å². The molecule has 1 aliphatic heterocycles. The zero-order valence-electron chi connectivity index (χ0n) is 13.4. The van der Waals surface area contributed by atoms with Crippen LogP contribution in [0.4, 0.5) is 0 Å². The van der Waals surface area contributed by atoms with Crippen molar-refractivity contribution in [2.45, 2.75) is 11.8 Å². The number of carbonyl (C=O) groups excluding carboxylic acids is 1. The van der Waals surface area contributed by atoms with Gasteiger partial charge in [0.2, 0.25) is 10.0 Å². The fraction of sp³-hybridized carbons (Fsp3) is 0.533. The maximum Gasteiger partial charge on any atom is 0.344 e. The number of benzene rings is 1. The summed E-state index contributed by atoms with van der Waals surface area (Å²) in [5.74, 6) is -0.0305. The normalized spacial score (nSPS) is 17.0. The Bertz CT molecular complexity index is 622. The molecule has 1 aromatic carbocycles. The van der Waals surface area contributed by atoms with Gasteiger partial charge >= 0.3 is 5.97 Å². The van der Waals surface area contributed by atoms with E-state index in [2.05, 4.69) is 4.90 Å². The first-order valence-corrected chi connectivity index (χ1v) is 8.94. The number of likely N-dealkylation sites (N-methyl/N-ethyl adjacent to an activating group) is 1. The smallest absolute Gasteiger partial charge is 0.344 e. The Balaban J connectivity index is 1.99. The van der Waals surface area contributed by atoms with E-state index in [1.165, 1.54) is 16.4 Å². The van der Waals surface area contributed by atoms with E-state index in [-0.39, 0.29) is 11.5 Å². The van der Waals surface area contributed by atoms with Crippen LogP contribution in [0.2, 0.25) is 0 Å². The Morgan fingerprint density at radius 3 is 2.30 bits per heavy atom. The maximum absolute atomic E-state index is 12.5. The lowest BCUT2D eigenvalue weighted by molar-refractivity contribution is -0.145. The van der Waals surface area contributed by atoms with Crippen LogP contribution in [0.5, 0.6) is 5.75 Å². The molecule has 0 unspecified atom stereocenters. The van der Waals surface area contributed by atoms with E-state index in [1.807, 2.05) is 7.05 Å². The van der Waals surface area contributed by atoms with E-state index in [0.717, 1.165) is 13.1 Å². The van der Waals surface area contributed by atoms with Crippen molar-refractivity contribution in [3.63, 3.8) is 0 Å². The Labute approximate surface area is 136 Å². The van der Waals surface area contributed by atoms with Gasteiger partial charge in [-0.1, -0.05) is 0 Å². The number of rotatable bonds is 6. The lowest BCUT2D eigenvalue weighted by Gasteiger charge is -2.31. The van der Waals surface area contributed by atoms with Crippen LogP contribution < -0.4 is 4.74 Å². The molecule has 0 bridgehead atoms. The topological polar surface area (TPSA) is 76.1 Å². The fourth-order valence-corrected chi connectivity index (χ4v) is 3.65. The van der Waals surface area contributed by atoms with Gasteiger partial charge < -0.3 is 14.4 Å². The summed E-state index contributed by atoms with van der Waals surface area (Å²) in [5, 5.41) is 0. The number of esters is 1. The monoisotopic (exact) mass is 342 g/mol. The van der Waals surface area contributed by atoms with Gasteiger partial charge in [0.25, 0.3) is 0 Å². The lowest BCUT2D eigenvalue weighted by atomic mass is 10.3. The Kier molecular flexibility index (Phi) is 5.97. The predicted octanol–water partition coefficient (Wildman–Crippen LogP) is 0.565. The highest BCUT2D eigenvalue weighted by Crippen LogP contribution is 2.20. The molecule has 0 amide bonds. The second-order valence-electron chi connectivity index (χ2n) is 5.27. The van der Waals surface area contributed by atoms with Gasteiger partial charge in [0.15, 0.2) is 6.61 Å². The van der Waals surface area contributed by atoms with Crippen LogP contribution in [0.1, 0.15) is 6.92 Å². The minimum atomic E-state index is -3.48. The summed E-state index contributed by atoms with van der Waals surface area (Å²) in [5.41, 5.74) is 0. The van der Waals surface area contributed by atoms with Gasteiger partial charge in [-0.2, -0.15) is 4.31 Å². The molecule has 7 nitrogen and oxygen atoms in total.